The lowest BCUT2D eigenvalue weighted by Gasteiger charge is -2.19. The van der Waals surface area contributed by atoms with Gasteiger partial charge in [-0.25, -0.2) is 9.18 Å². The Labute approximate surface area is 137 Å². The van der Waals surface area contributed by atoms with E-state index in [1.165, 1.54) is 23.5 Å². The Morgan fingerprint density at radius 1 is 1.22 bits per heavy atom. The highest BCUT2D eigenvalue weighted by atomic mass is 32.1. The topological polar surface area (TPSA) is 84.2 Å². The van der Waals surface area contributed by atoms with Crippen molar-refractivity contribution in [3.8, 4) is 0 Å². The van der Waals surface area contributed by atoms with Gasteiger partial charge in [-0.15, -0.1) is 11.3 Å². The number of carbonyl (C=O) groups is 2. The van der Waals surface area contributed by atoms with Crippen molar-refractivity contribution in [2.24, 2.45) is 5.73 Å². The molecule has 122 valence electrons. The summed E-state index contributed by atoms with van der Waals surface area (Å²) in [7, 11) is 0. The first-order valence-corrected chi connectivity index (χ1v) is 7.98. The van der Waals surface area contributed by atoms with E-state index in [0.717, 1.165) is 10.4 Å². The van der Waals surface area contributed by atoms with Gasteiger partial charge in [0.25, 0.3) is 0 Å². The molecule has 0 aliphatic carbocycles. The first-order chi connectivity index (χ1) is 11.0. The van der Waals surface area contributed by atoms with Crippen molar-refractivity contribution in [3.05, 3.63) is 58.0 Å². The number of urea groups is 1. The van der Waals surface area contributed by atoms with E-state index >= 15 is 0 Å². The van der Waals surface area contributed by atoms with E-state index in [9.17, 15) is 14.0 Å². The molecule has 5 nitrogen and oxygen atoms in total. The highest BCUT2D eigenvalue weighted by molar-refractivity contribution is 7.10. The summed E-state index contributed by atoms with van der Waals surface area (Å²) >= 11 is 1.44. The third kappa shape index (κ3) is 5.07. The van der Waals surface area contributed by atoms with E-state index in [1.807, 2.05) is 24.4 Å². The highest BCUT2D eigenvalue weighted by Gasteiger charge is 2.19. The number of rotatable bonds is 6. The number of hydrogen-bond acceptors (Lipinski definition) is 3. The molecule has 1 aromatic heterocycles. The van der Waals surface area contributed by atoms with E-state index in [4.69, 9.17) is 5.73 Å². The van der Waals surface area contributed by atoms with Crippen molar-refractivity contribution in [3.63, 3.8) is 0 Å². The average molecular weight is 335 g/mol. The molecule has 23 heavy (non-hydrogen) atoms. The molecule has 0 saturated carbocycles. The molecule has 2 rings (SSSR count). The molecule has 3 amide bonds. The number of halogens is 1. The molecule has 4 N–H and O–H groups in total. The number of nitrogens with two attached hydrogens (primary N) is 1. The lowest BCUT2D eigenvalue weighted by molar-refractivity contribution is -0.122. The Bertz CT molecular complexity index is 658. The van der Waals surface area contributed by atoms with Gasteiger partial charge in [-0.3, -0.25) is 4.79 Å². The third-order valence-electron chi connectivity index (χ3n) is 3.34. The molecule has 2 aromatic rings. The number of carbonyl (C=O) groups excluding carboxylic acids is 2. The fraction of sp³-hybridized carbons (Fsp3) is 0.250. The summed E-state index contributed by atoms with van der Waals surface area (Å²) < 4.78 is 12.9. The molecule has 1 heterocycles. The molecule has 0 radical (unpaired) electrons. The van der Waals surface area contributed by atoms with Crippen LogP contribution in [0.15, 0.2) is 41.8 Å². The van der Waals surface area contributed by atoms with Crippen molar-refractivity contribution in [1.29, 1.82) is 0 Å². The van der Waals surface area contributed by atoms with Gasteiger partial charge in [0.05, 0.1) is 18.5 Å². The number of hydrogen-bond donors (Lipinski definition) is 3. The van der Waals surface area contributed by atoms with Crippen LogP contribution in [0.25, 0.3) is 0 Å². The fourth-order valence-electron chi connectivity index (χ4n) is 2.20. The molecule has 0 bridgehead atoms. The minimum absolute atomic E-state index is 0.0784. The molecular weight excluding hydrogens is 317 g/mol. The van der Waals surface area contributed by atoms with Crippen LogP contribution in [0.2, 0.25) is 0 Å². The molecule has 0 spiro atoms. The van der Waals surface area contributed by atoms with Gasteiger partial charge in [0, 0.05) is 4.88 Å². The summed E-state index contributed by atoms with van der Waals surface area (Å²) in [6.45, 7) is 1.81. The average Bonchev–Trinajstić information content (AvgIpc) is 3.00. The number of primary amides is 1. The summed E-state index contributed by atoms with van der Waals surface area (Å²) in [5, 5.41) is 7.27. The summed E-state index contributed by atoms with van der Waals surface area (Å²) in [5.41, 5.74) is 5.97. The molecule has 0 unspecified atom stereocenters. The van der Waals surface area contributed by atoms with E-state index in [-0.39, 0.29) is 24.2 Å². The number of benzene rings is 1. The van der Waals surface area contributed by atoms with E-state index in [0.29, 0.717) is 0 Å². The maximum atomic E-state index is 12.9. The monoisotopic (exact) mass is 335 g/mol. The number of nitrogens with one attached hydrogen (secondary N) is 2. The molecule has 0 aliphatic rings. The van der Waals surface area contributed by atoms with Gasteiger partial charge in [-0.2, -0.15) is 0 Å². The first kappa shape index (κ1) is 17.0. The van der Waals surface area contributed by atoms with Crippen molar-refractivity contribution in [2.75, 3.05) is 0 Å². The molecular formula is C16H18FN3O2S. The van der Waals surface area contributed by atoms with Gasteiger partial charge in [0.1, 0.15) is 5.82 Å². The zero-order chi connectivity index (χ0) is 16.8. The molecule has 1 aromatic carbocycles. The van der Waals surface area contributed by atoms with Crippen LogP contribution >= 0.6 is 11.3 Å². The Kier molecular flexibility index (Phi) is 5.70. The SMILES string of the molecule is C[C@@H](NC(=O)C[C@@H](NC(N)=O)c1cccs1)c1ccc(F)cc1. The first-order valence-electron chi connectivity index (χ1n) is 7.10. The van der Waals surface area contributed by atoms with Gasteiger partial charge in [0.15, 0.2) is 0 Å². The van der Waals surface area contributed by atoms with Crippen LogP contribution in [0, 0.1) is 5.82 Å². The number of thiophene rings is 1. The van der Waals surface area contributed by atoms with Crippen molar-refractivity contribution >= 4 is 23.3 Å². The standard InChI is InChI=1S/C16H18FN3O2S/c1-10(11-4-6-12(17)7-5-11)19-15(21)9-13(20-16(18)22)14-3-2-8-23-14/h2-8,10,13H,9H2,1H3,(H,19,21)(H3,18,20,22)/t10-,13-/m1/s1. The zero-order valence-corrected chi connectivity index (χ0v) is 13.4. The van der Waals surface area contributed by atoms with Gasteiger partial charge >= 0.3 is 6.03 Å². The van der Waals surface area contributed by atoms with E-state index in [1.54, 1.807) is 12.1 Å². The van der Waals surface area contributed by atoms with Crippen LogP contribution in [0.3, 0.4) is 0 Å². The highest BCUT2D eigenvalue weighted by Crippen LogP contribution is 2.22. The third-order valence-corrected chi connectivity index (χ3v) is 4.33. The Hall–Kier alpha value is -2.41. The summed E-state index contributed by atoms with van der Waals surface area (Å²) in [4.78, 5) is 24.2. The van der Waals surface area contributed by atoms with Gasteiger partial charge in [-0.1, -0.05) is 18.2 Å². The predicted molar refractivity (Wildman–Crippen MR) is 87.4 cm³/mol. The Balaban J connectivity index is 1.98. The Morgan fingerprint density at radius 3 is 2.48 bits per heavy atom. The molecule has 0 saturated heterocycles. The maximum absolute atomic E-state index is 12.9. The molecule has 2 atom stereocenters. The van der Waals surface area contributed by atoms with Crippen LogP contribution in [0.5, 0.6) is 0 Å². The fourth-order valence-corrected chi connectivity index (χ4v) is 2.98. The Morgan fingerprint density at radius 2 is 1.91 bits per heavy atom. The minimum Gasteiger partial charge on any atom is -0.352 e. The van der Waals surface area contributed by atoms with Gasteiger partial charge in [-0.05, 0) is 36.1 Å². The minimum atomic E-state index is -0.678. The van der Waals surface area contributed by atoms with E-state index < -0.39 is 12.1 Å². The second-order valence-electron chi connectivity index (χ2n) is 5.12. The molecule has 0 fully saturated rings. The quantitative estimate of drug-likeness (QED) is 0.758. The van der Waals surface area contributed by atoms with Gasteiger partial charge < -0.3 is 16.4 Å². The van der Waals surface area contributed by atoms with Crippen molar-refractivity contribution in [2.45, 2.75) is 25.4 Å². The van der Waals surface area contributed by atoms with Crippen LogP contribution in [0.4, 0.5) is 9.18 Å². The van der Waals surface area contributed by atoms with Gasteiger partial charge in [0.2, 0.25) is 5.91 Å². The maximum Gasteiger partial charge on any atom is 0.312 e. The summed E-state index contributed by atoms with van der Waals surface area (Å²) in [6.07, 6.45) is 0.0784. The van der Waals surface area contributed by atoms with Crippen LogP contribution < -0.4 is 16.4 Å². The summed E-state index contributed by atoms with van der Waals surface area (Å²) in [5.74, 6) is -0.551. The lowest BCUT2D eigenvalue weighted by atomic mass is 10.1. The normalized spacial score (nSPS) is 13.1. The lowest BCUT2D eigenvalue weighted by Crippen LogP contribution is -2.36. The largest absolute Gasteiger partial charge is 0.352 e. The van der Waals surface area contributed by atoms with Crippen LogP contribution in [-0.2, 0) is 4.79 Å². The molecule has 7 heteroatoms. The number of amides is 3. The second-order valence-corrected chi connectivity index (χ2v) is 6.10. The molecule has 0 aliphatic heterocycles. The summed E-state index contributed by atoms with van der Waals surface area (Å²) in [6, 6.07) is 8.22. The van der Waals surface area contributed by atoms with Crippen molar-refractivity contribution in [1.82, 2.24) is 10.6 Å². The van der Waals surface area contributed by atoms with Crippen LogP contribution in [-0.4, -0.2) is 11.9 Å². The van der Waals surface area contributed by atoms with E-state index in [2.05, 4.69) is 10.6 Å². The smallest absolute Gasteiger partial charge is 0.312 e. The van der Waals surface area contributed by atoms with Crippen molar-refractivity contribution < 1.29 is 14.0 Å². The second kappa shape index (κ2) is 7.73. The zero-order valence-electron chi connectivity index (χ0n) is 12.6. The van der Waals surface area contributed by atoms with Crippen LogP contribution in [0.1, 0.15) is 35.9 Å². The predicted octanol–water partition coefficient (Wildman–Crippen LogP) is 2.86.